The Morgan fingerprint density at radius 3 is 2.67 bits per heavy atom. The third-order valence-corrected chi connectivity index (χ3v) is 2.09. The molecule has 2 heterocycles. The van der Waals surface area contributed by atoms with E-state index in [9.17, 15) is 0 Å². The first-order chi connectivity index (χ1) is 7.25. The minimum absolute atomic E-state index is 0.0289. The molecule has 78 valence electrons. The van der Waals surface area contributed by atoms with E-state index in [-0.39, 0.29) is 6.04 Å². The highest BCUT2D eigenvalue weighted by Crippen LogP contribution is 2.13. The highest BCUT2D eigenvalue weighted by atomic mass is 35.5. The molecule has 0 aliphatic carbocycles. The summed E-state index contributed by atoms with van der Waals surface area (Å²) in [4.78, 5) is 15.2. The normalized spacial score (nSPS) is 12.4. The number of hydrogen-bond acceptors (Lipinski definition) is 4. The maximum absolute atomic E-state index is 5.68. The first kappa shape index (κ1) is 9.92. The zero-order valence-corrected chi connectivity index (χ0v) is 8.86. The molecule has 15 heavy (non-hydrogen) atoms. The molecule has 1 atom stereocenters. The van der Waals surface area contributed by atoms with Gasteiger partial charge in [0.15, 0.2) is 0 Å². The van der Waals surface area contributed by atoms with Crippen molar-refractivity contribution in [1.82, 2.24) is 19.9 Å². The highest BCUT2D eigenvalue weighted by molar-refractivity contribution is 6.30. The van der Waals surface area contributed by atoms with Gasteiger partial charge in [-0.15, -0.1) is 0 Å². The van der Waals surface area contributed by atoms with Gasteiger partial charge >= 0.3 is 0 Å². The van der Waals surface area contributed by atoms with Gasteiger partial charge in [0, 0.05) is 12.4 Å². The third kappa shape index (κ3) is 2.44. The molecule has 0 spiro atoms. The summed E-state index contributed by atoms with van der Waals surface area (Å²) in [6.07, 6.45) is 6.57. The summed E-state index contributed by atoms with van der Waals surface area (Å²) in [5.74, 6) is 1.37. The zero-order chi connectivity index (χ0) is 10.7. The van der Waals surface area contributed by atoms with Crippen molar-refractivity contribution in [2.75, 3.05) is 5.32 Å². The van der Waals surface area contributed by atoms with E-state index in [4.69, 9.17) is 11.6 Å². The van der Waals surface area contributed by atoms with Gasteiger partial charge < -0.3 is 10.3 Å². The number of rotatable bonds is 3. The van der Waals surface area contributed by atoms with Gasteiger partial charge in [-0.3, -0.25) is 0 Å². The lowest BCUT2D eigenvalue weighted by atomic mass is 10.3. The van der Waals surface area contributed by atoms with Crippen molar-refractivity contribution < 1.29 is 0 Å². The number of nitrogens with one attached hydrogen (secondary N) is 2. The number of imidazole rings is 1. The van der Waals surface area contributed by atoms with E-state index in [0.29, 0.717) is 11.0 Å². The predicted molar refractivity (Wildman–Crippen MR) is 57.7 cm³/mol. The molecule has 0 aliphatic heterocycles. The molecule has 0 radical (unpaired) electrons. The van der Waals surface area contributed by atoms with Crippen molar-refractivity contribution in [3.05, 3.63) is 35.6 Å². The van der Waals surface area contributed by atoms with Crippen LogP contribution in [0, 0.1) is 0 Å². The lowest BCUT2D eigenvalue weighted by Gasteiger charge is -2.10. The molecule has 0 aromatic carbocycles. The summed E-state index contributed by atoms with van der Waals surface area (Å²) in [7, 11) is 0. The van der Waals surface area contributed by atoms with Gasteiger partial charge in [0.25, 0.3) is 0 Å². The zero-order valence-electron chi connectivity index (χ0n) is 8.11. The van der Waals surface area contributed by atoms with Gasteiger partial charge in [-0.25, -0.2) is 15.0 Å². The number of aromatic amines is 1. The summed E-state index contributed by atoms with van der Waals surface area (Å²) in [6.45, 7) is 1.97. The van der Waals surface area contributed by atoms with Crippen LogP contribution in [0.15, 0.2) is 24.8 Å². The molecule has 0 fully saturated rings. The van der Waals surface area contributed by atoms with Crippen LogP contribution in [0.4, 0.5) is 5.95 Å². The second kappa shape index (κ2) is 4.27. The van der Waals surface area contributed by atoms with Crippen molar-refractivity contribution in [3.8, 4) is 0 Å². The Balaban J connectivity index is 2.06. The monoisotopic (exact) mass is 223 g/mol. The number of anilines is 1. The van der Waals surface area contributed by atoms with Gasteiger partial charge in [-0.1, -0.05) is 11.6 Å². The quantitative estimate of drug-likeness (QED) is 0.836. The topological polar surface area (TPSA) is 66.5 Å². The molecule has 2 aromatic heterocycles. The Labute approximate surface area is 91.9 Å². The van der Waals surface area contributed by atoms with Crippen LogP contribution < -0.4 is 5.32 Å². The van der Waals surface area contributed by atoms with Crippen LogP contribution in [0.2, 0.25) is 5.02 Å². The van der Waals surface area contributed by atoms with E-state index >= 15 is 0 Å². The second-order valence-electron chi connectivity index (χ2n) is 3.07. The number of H-pyrrole nitrogens is 1. The molecule has 2 aromatic rings. The lowest BCUT2D eigenvalue weighted by Crippen LogP contribution is -2.10. The molecule has 2 rings (SSSR count). The largest absolute Gasteiger partial charge is 0.347 e. The number of halogens is 1. The number of hydrogen-bond donors (Lipinski definition) is 2. The maximum atomic E-state index is 5.68. The van der Waals surface area contributed by atoms with Gasteiger partial charge in [0.2, 0.25) is 5.95 Å². The first-order valence-electron chi connectivity index (χ1n) is 4.49. The Morgan fingerprint density at radius 1 is 1.33 bits per heavy atom. The van der Waals surface area contributed by atoms with Crippen LogP contribution in [0.1, 0.15) is 18.8 Å². The molecule has 0 aliphatic rings. The molecule has 5 nitrogen and oxygen atoms in total. The van der Waals surface area contributed by atoms with E-state index in [2.05, 4.69) is 25.3 Å². The average molecular weight is 224 g/mol. The summed E-state index contributed by atoms with van der Waals surface area (Å²) >= 11 is 5.68. The standard InChI is InChI=1S/C9H10ClN5/c1-6(8-11-2-3-12-8)15-9-13-4-7(10)5-14-9/h2-6H,1H3,(H,11,12)(H,13,14,15). The van der Waals surface area contributed by atoms with E-state index in [1.807, 2.05) is 6.92 Å². The Kier molecular flexibility index (Phi) is 2.82. The summed E-state index contributed by atoms with van der Waals surface area (Å²) in [5.41, 5.74) is 0. The van der Waals surface area contributed by atoms with Crippen molar-refractivity contribution >= 4 is 17.5 Å². The highest BCUT2D eigenvalue weighted by Gasteiger charge is 2.08. The smallest absolute Gasteiger partial charge is 0.223 e. The Morgan fingerprint density at radius 2 is 2.07 bits per heavy atom. The van der Waals surface area contributed by atoms with Gasteiger partial charge in [0.1, 0.15) is 5.82 Å². The van der Waals surface area contributed by atoms with E-state index < -0.39 is 0 Å². The molecule has 2 N–H and O–H groups in total. The molecule has 0 saturated carbocycles. The van der Waals surface area contributed by atoms with Crippen LogP contribution >= 0.6 is 11.6 Å². The van der Waals surface area contributed by atoms with Crippen LogP contribution in [0.3, 0.4) is 0 Å². The van der Waals surface area contributed by atoms with Crippen molar-refractivity contribution in [1.29, 1.82) is 0 Å². The summed E-state index contributed by atoms with van der Waals surface area (Å²) in [6, 6.07) is 0.0289. The molecule has 0 bridgehead atoms. The molecular formula is C9H10ClN5. The van der Waals surface area contributed by atoms with Crippen LogP contribution in [0.5, 0.6) is 0 Å². The predicted octanol–water partition coefficient (Wildman–Crippen LogP) is 2.03. The van der Waals surface area contributed by atoms with Crippen molar-refractivity contribution in [2.24, 2.45) is 0 Å². The maximum Gasteiger partial charge on any atom is 0.223 e. The molecular weight excluding hydrogens is 214 g/mol. The Bertz CT molecular complexity index is 411. The summed E-state index contributed by atoms with van der Waals surface area (Å²) in [5, 5.41) is 3.62. The van der Waals surface area contributed by atoms with Gasteiger partial charge in [-0.2, -0.15) is 0 Å². The molecule has 0 amide bonds. The summed E-state index contributed by atoms with van der Waals surface area (Å²) < 4.78 is 0. The van der Waals surface area contributed by atoms with Gasteiger partial charge in [-0.05, 0) is 6.92 Å². The minimum atomic E-state index is 0.0289. The fraction of sp³-hybridized carbons (Fsp3) is 0.222. The van der Waals surface area contributed by atoms with Crippen LogP contribution in [-0.2, 0) is 0 Å². The third-order valence-electron chi connectivity index (χ3n) is 1.90. The fourth-order valence-electron chi connectivity index (χ4n) is 1.16. The number of nitrogens with zero attached hydrogens (tertiary/aromatic N) is 3. The number of aromatic nitrogens is 4. The minimum Gasteiger partial charge on any atom is -0.347 e. The van der Waals surface area contributed by atoms with Crippen LogP contribution in [0.25, 0.3) is 0 Å². The van der Waals surface area contributed by atoms with E-state index in [0.717, 1.165) is 5.82 Å². The lowest BCUT2D eigenvalue weighted by molar-refractivity contribution is 0.795. The average Bonchev–Trinajstić information content (AvgIpc) is 2.74. The van der Waals surface area contributed by atoms with Gasteiger partial charge in [0.05, 0.1) is 23.5 Å². The Hall–Kier alpha value is -1.62. The fourth-order valence-corrected chi connectivity index (χ4v) is 1.26. The second-order valence-corrected chi connectivity index (χ2v) is 3.50. The molecule has 6 heteroatoms. The van der Waals surface area contributed by atoms with Crippen molar-refractivity contribution in [2.45, 2.75) is 13.0 Å². The SMILES string of the molecule is CC(Nc1ncc(Cl)cn1)c1ncc[nH]1. The molecule has 0 saturated heterocycles. The molecule has 1 unspecified atom stereocenters. The van der Waals surface area contributed by atoms with Crippen molar-refractivity contribution in [3.63, 3.8) is 0 Å². The van der Waals surface area contributed by atoms with E-state index in [1.54, 1.807) is 24.8 Å². The van der Waals surface area contributed by atoms with E-state index in [1.165, 1.54) is 0 Å². The van der Waals surface area contributed by atoms with Crippen LogP contribution in [-0.4, -0.2) is 19.9 Å². The first-order valence-corrected chi connectivity index (χ1v) is 4.87.